The Labute approximate surface area is 214 Å². The van der Waals surface area contributed by atoms with Crippen LogP contribution in [0.25, 0.3) is 10.8 Å². The molecule has 0 radical (unpaired) electrons. The SMILES string of the molecule is CC(C)[C@@]1(C(=O)N[C@H]2CC(=O)OC2(CF)OC(=O)CC(C)(C)C)CC(c2nccc3ccccc23)=NO1. The van der Waals surface area contributed by atoms with Crippen LogP contribution in [0.2, 0.25) is 0 Å². The number of aromatic nitrogens is 1. The number of hydrogen-bond acceptors (Lipinski definition) is 8. The summed E-state index contributed by atoms with van der Waals surface area (Å²) >= 11 is 0. The number of hydrogen-bond donors (Lipinski definition) is 1. The number of nitrogens with zero attached hydrogens (tertiary/aromatic N) is 2. The molecule has 0 aliphatic carbocycles. The van der Waals surface area contributed by atoms with Crippen LogP contribution in [0.15, 0.2) is 41.7 Å². The third-order valence-corrected chi connectivity index (χ3v) is 6.65. The Bertz CT molecular complexity index is 1250. The molecule has 1 saturated heterocycles. The number of esters is 2. The third-order valence-electron chi connectivity index (χ3n) is 6.65. The van der Waals surface area contributed by atoms with E-state index in [4.69, 9.17) is 14.3 Å². The number of ether oxygens (including phenoxy) is 2. The minimum atomic E-state index is -2.24. The fourth-order valence-electron chi connectivity index (χ4n) is 4.59. The molecule has 37 heavy (non-hydrogen) atoms. The first-order valence-electron chi connectivity index (χ1n) is 12.3. The van der Waals surface area contributed by atoms with Gasteiger partial charge in [0.25, 0.3) is 5.91 Å². The van der Waals surface area contributed by atoms with Gasteiger partial charge in [-0.15, -0.1) is 0 Å². The van der Waals surface area contributed by atoms with E-state index in [0.29, 0.717) is 11.4 Å². The van der Waals surface area contributed by atoms with Crippen molar-refractivity contribution in [1.82, 2.24) is 10.3 Å². The fraction of sp³-hybridized carbons (Fsp3) is 0.519. The zero-order chi connectivity index (χ0) is 27.0. The molecular weight excluding hydrogens is 481 g/mol. The van der Waals surface area contributed by atoms with E-state index in [1.54, 1.807) is 20.0 Å². The Morgan fingerprint density at radius 3 is 2.65 bits per heavy atom. The lowest BCUT2D eigenvalue weighted by Gasteiger charge is -2.35. The summed E-state index contributed by atoms with van der Waals surface area (Å²) in [6, 6.07) is 8.32. The van der Waals surface area contributed by atoms with Crippen molar-refractivity contribution in [1.29, 1.82) is 0 Å². The normalized spacial score (nSPS) is 25.5. The molecule has 1 fully saturated rings. The number of alkyl halides is 1. The van der Waals surface area contributed by atoms with Gasteiger partial charge in [0.05, 0.1) is 18.5 Å². The van der Waals surface area contributed by atoms with Crippen LogP contribution in [0.3, 0.4) is 0 Å². The van der Waals surface area contributed by atoms with E-state index >= 15 is 0 Å². The highest BCUT2D eigenvalue weighted by molar-refractivity contribution is 6.11. The van der Waals surface area contributed by atoms with Crippen LogP contribution in [0.5, 0.6) is 0 Å². The molecule has 1 N–H and O–H groups in total. The quantitative estimate of drug-likeness (QED) is 0.560. The van der Waals surface area contributed by atoms with Crippen molar-refractivity contribution in [2.45, 2.75) is 71.3 Å². The predicted octanol–water partition coefficient (Wildman–Crippen LogP) is 3.83. The van der Waals surface area contributed by atoms with E-state index in [9.17, 15) is 18.8 Å². The average molecular weight is 514 g/mol. The summed E-state index contributed by atoms with van der Waals surface area (Å²) in [5.74, 6) is -4.73. The molecule has 198 valence electrons. The second-order valence-corrected chi connectivity index (χ2v) is 11.1. The number of rotatable bonds is 7. The predicted molar refractivity (Wildman–Crippen MR) is 133 cm³/mol. The van der Waals surface area contributed by atoms with Crippen molar-refractivity contribution in [3.8, 4) is 0 Å². The lowest BCUT2D eigenvalue weighted by molar-refractivity contribution is -0.227. The molecule has 2 aliphatic heterocycles. The zero-order valence-electron chi connectivity index (χ0n) is 21.7. The van der Waals surface area contributed by atoms with Crippen LogP contribution >= 0.6 is 0 Å². The van der Waals surface area contributed by atoms with Gasteiger partial charge in [-0.2, -0.15) is 0 Å². The summed E-state index contributed by atoms with van der Waals surface area (Å²) in [5.41, 5.74) is -0.787. The second kappa shape index (κ2) is 9.72. The van der Waals surface area contributed by atoms with Crippen molar-refractivity contribution in [3.05, 3.63) is 42.2 Å². The molecule has 3 heterocycles. The van der Waals surface area contributed by atoms with Crippen LogP contribution < -0.4 is 5.32 Å². The maximum atomic E-state index is 14.3. The molecule has 4 rings (SSSR count). The largest absolute Gasteiger partial charge is 0.417 e. The Hall–Kier alpha value is -3.56. The van der Waals surface area contributed by atoms with Crippen molar-refractivity contribution in [2.24, 2.45) is 16.5 Å². The minimum absolute atomic E-state index is 0.0265. The van der Waals surface area contributed by atoms with Crippen LogP contribution in [0.4, 0.5) is 4.39 Å². The van der Waals surface area contributed by atoms with Gasteiger partial charge in [0, 0.05) is 23.9 Å². The maximum absolute atomic E-state index is 14.3. The molecular formula is C27H32FN3O6. The van der Waals surface area contributed by atoms with Gasteiger partial charge in [-0.25, -0.2) is 4.39 Å². The van der Waals surface area contributed by atoms with E-state index in [-0.39, 0.29) is 25.2 Å². The first-order valence-corrected chi connectivity index (χ1v) is 12.3. The molecule has 1 aromatic heterocycles. The Morgan fingerprint density at radius 2 is 1.97 bits per heavy atom. The lowest BCUT2D eigenvalue weighted by Crippen LogP contribution is -2.60. The number of fused-ring (bicyclic) bond motifs is 1. The van der Waals surface area contributed by atoms with Gasteiger partial charge in [-0.05, 0) is 16.9 Å². The van der Waals surface area contributed by atoms with E-state index in [1.165, 1.54) is 0 Å². The number of amides is 1. The summed E-state index contributed by atoms with van der Waals surface area (Å²) in [6.45, 7) is 7.76. The van der Waals surface area contributed by atoms with Gasteiger partial charge in [0.1, 0.15) is 11.8 Å². The first-order chi connectivity index (χ1) is 17.4. The van der Waals surface area contributed by atoms with Crippen LogP contribution in [-0.4, -0.2) is 52.6 Å². The highest BCUT2D eigenvalue weighted by Crippen LogP contribution is 2.37. The van der Waals surface area contributed by atoms with E-state index in [0.717, 1.165) is 10.8 Å². The molecule has 2 aliphatic rings. The van der Waals surface area contributed by atoms with Gasteiger partial charge in [-0.1, -0.05) is 64.0 Å². The van der Waals surface area contributed by atoms with E-state index in [1.807, 2.05) is 51.1 Å². The summed E-state index contributed by atoms with van der Waals surface area (Å²) in [7, 11) is 0. The number of benzene rings is 1. The number of oxime groups is 1. The second-order valence-electron chi connectivity index (χ2n) is 11.1. The number of carbonyl (C=O) groups excluding carboxylic acids is 3. The van der Waals surface area contributed by atoms with Gasteiger partial charge in [-0.3, -0.25) is 19.4 Å². The van der Waals surface area contributed by atoms with Gasteiger partial charge in [0.15, 0.2) is 6.67 Å². The van der Waals surface area contributed by atoms with Crippen LogP contribution in [0.1, 0.15) is 59.6 Å². The smallest absolute Gasteiger partial charge is 0.311 e. The Morgan fingerprint density at radius 1 is 1.24 bits per heavy atom. The highest BCUT2D eigenvalue weighted by Gasteiger charge is 2.57. The molecule has 1 amide bonds. The molecule has 2 aromatic rings. The van der Waals surface area contributed by atoms with E-state index in [2.05, 4.69) is 15.5 Å². The summed E-state index contributed by atoms with van der Waals surface area (Å²) in [6.07, 6.45) is 1.39. The molecule has 3 atom stereocenters. The number of nitrogens with one attached hydrogen (secondary N) is 1. The van der Waals surface area contributed by atoms with Crippen molar-refractivity contribution >= 4 is 34.3 Å². The number of carbonyl (C=O) groups is 3. The van der Waals surface area contributed by atoms with E-state index < -0.39 is 47.4 Å². The number of halogens is 1. The highest BCUT2D eigenvalue weighted by atomic mass is 19.1. The molecule has 0 saturated carbocycles. The van der Waals surface area contributed by atoms with Gasteiger partial charge in [0.2, 0.25) is 5.60 Å². The number of pyridine rings is 1. The summed E-state index contributed by atoms with van der Waals surface area (Å²) in [5, 5.41) is 8.73. The van der Waals surface area contributed by atoms with Crippen molar-refractivity contribution < 1.29 is 33.1 Å². The first kappa shape index (κ1) is 26.5. The van der Waals surface area contributed by atoms with Gasteiger partial charge >= 0.3 is 17.7 Å². The van der Waals surface area contributed by atoms with Crippen LogP contribution in [0, 0.1) is 11.3 Å². The average Bonchev–Trinajstić information content (AvgIpc) is 3.40. The van der Waals surface area contributed by atoms with Gasteiger partial charge < -0.3 is 19.6 Å². The monoisotopic (exact) mass is 513 g/mol. The molecule has 1 aromatic carbocycles. The zero-order valence-corrected chi connectivity index (χ0v) is 21.7. The molecule has 9 nitrogen and oxygen atoms in total. The fourth-order valence-corrected chi connectivity index (χ4v) is 4.59. The third kappa shape index (κ3) is 5.14. The molecule has 1 unspecified atom stereocenters. The van der Waals surface area contributed by atoms with Crippen molar-refractivity contribution in [2.75, 3.05) is 6.67 Å². The lowest BCUT2D eigenvalue weighted by atomic mass is 9.83. The van der Waals surface area contributed by atoms with Crippen molar-refractivity contribution in [3.63, 3.8) is 0 Å². The maximum Gasteiger partial charge on any atom is 0.311 e. The Kier molecular flexibility index (Phi) is 6.96. The number of cyclic esters (lactones) is 1. The molecule has 0 bridgehead atoms. The molecule has 0 spiro atoms. The summed E-state index contributed by atoms with van der Waals surface area (Å²) in [4.78, 5) is 48.6. The van der Waals surface area contributed by atoms with Crippen LogP contribution in [-0.2, 0) is 28.7 Å². The summed E-state index contributed by atoms with van der Waals surface area (Å²) < 4.78 is 24.8. The minimum Gasteiger partial charge on any atom is -0.417 e. The Balaban J connectivity index is 1.57. The standard InChI is InChI=1S/C27H32FN3O6/c1-16(2)26(13-19(31-37-26)23-18-9-7-6-8-17(18)10-11-29-23)24(34)30-20-12-21(32)35-27(20,15-28)36-22(33)14-25(3,4)5/h6-11,16,20H,12-15H2,1-5H3,(H,30,34)/t20-,26+,27?/m0/s1. The molecule has 10 heteroatoms. The topological polar surface area (TPSA) is 116 Å².